The van der Waals surface area contributed by atoms with E-state index in [2.05, 4.69) is 0 Å². The van der Waals surface area contributed by atoms with Crippen LogP contribution in [0, 0.1) is 0 Å². The van der Waals surface area contributed by atoms with Crippen LogP contribution in [0.2, 0.25) is 0 Å². The first-order chi connectivity index (χ1) is 13.9. The van der Waals surface area contributed by atoms with Gasteiger partial charge in [-0.25, -0.2) is 18.0 Å². The van der Waals surface area contributed by atoms with Crippen molar-refractivity contribution < 1.29 is 37.0 Å². The molecule has 0 saturated carbocycles. The zero-order valence-electron chi connectivity index (χ0n) is 16.1. The summed E-state index contributed by atoms with van der Waals surface area (Å²) in [6, 6.07) is 5.97. The van der Waals surface area contributed by atoms with E-state index >= 15 is 0 Å². The highest BCUT2D eigenvalue weighted by Gasteiger charge is 2.33. The van der Waals surface area contributed by atoms with E-state index in [4.69, 9.17) is 18.9 Å². The SMILES string of the molecule is COC(=O)C1=C(C(=O)OC)N(c2ccc(S(=O)(=O)N3CCOCC3)cc2)COC1. The van der Waals surface area contributed by atoms with Crippen molar-refractivity contribution in [2.75, 3.05) is 58.8 Å². The molecule has 0 bridgehead atoms. The molecule has 2 aliphatic rings. The summed E-state index contributed by atoms with van der Waals surface area (Å²) < 4.78 is 47.0. The number of nitrogens with zero attached hydrogens (tertiary/aromatic N) is 2. The van der Waals surface area contributed by atoms with Crippen molar-refractivity contribution in [3.8, 4) is 0 Å². The molecule has 0 spiro atoms. The molecule has 0 aliphatic carbocycles. The number of methoxy groups -OCH3 is 2. The highest BCUT2D eigenvalue weighted by Crippen LogP contribution is 2.28. The molecule has 0 aromatic heterocycles. The van der Waals surface area contributed by atoms with Gasteiger partial charge in [0.1, 0.15) is 12.4 Å². The third-order valence-corrected chi connectivity index (χ3v) is 6.50. The van der Waals surface area contributed by atoms with Crippen LogP contribution in [0.3, 0.4) is 0 Å². The molecular formula is C18H22N2O8S. The van der Waals surface area contributed by atoms with E-state index in [9.17, 15) is 18.0 Å². The minimum Gasteiger partial charge on any atom is -0.466 e. The summed E-state index contributed by atoms with van der Waals surface area (Å²) in [5.74, 6) is -1.43. The minimum absolute atomic E-state index is 0.00520. The molecular weight excluding hydrogens is 404 g/mol. The van der Waals surface area contributed by atoms with Crippen molar-refractivity contribution in [3.05, 3.63) is 35.5 Å². The number of hydrogen-bond acceptors (Lipinski definition) is 9. The summed E-state index contributed by atoms with van der Waals surface area (Å²) in [5.41, 5.74) is 0.484. The van der Waals surface area contributed by atoms with Crippen LogP contribution in [0.25, 0.3) is 0 Å². The first-order valence-electron chi connectivity index (χ1n) is 8.83. The predicted octanol–water partition coefficient (Wildman–Crippen LogP) is 0.102. The maximum absolute atomic E-state index is 12.8. The van der Waals surface area contributed by atoms with E-state index in [0.717, 1.165) is 0 Å². The van der Waals surface area contributed by atoms with Crippen LogP contribution in [0.5, 0.6) is 0 Å². The third kappa shape index (κ3) is 4.27. The van der Waals surface area contributed by atoms with Gasteiger partial charge in [-0.15, -0.1) is 0 Å². The average Bonchev–Trinajstić information content (AvgIpc) is 2.78. The number of hydrogen-bond donors (Lipinski definition) is 0. The molecule has 1 aromatic carbocycles. The average molecular weight is 426 g/mol. The van der Waals surface area contributed by atoms with Crippen molar-refractivity contribution in [2.24, 2.45) is 0 Å². The highest BCUT2D eigenvalue weighted by molar-refractivity contribution is 7.89. The molecule has 1 saturated heterocycles. The van der Waals surface area contributed by atoms with Gasteiger partial charge in [0.15, 0.2) is 0 Å². The maximum Gasteiger partial charge on any atom is 0.355 e. The van der Waals surface area contributed by atoms with Gasteiger partial charge in [-0.05, 0) is 24.3 Å². The standard InChI is InChI=1S/C18H22N2O8S/c1-25-17(21)15-11-28-12-20(16(15)18(22)26-2)13-3-5-14(6-4-13)29(23,24)19-7-9-27-10-8-19/h3-6H,7-12H2,1-2H3. The number of rotatable bonds is 5. The molecule has 10 nitrogen and oxygen atoms in total. The summed E-state index contributed by atoms with van der Waals surface area (Å²) in [7, 11) is -1.24. The molecule has 29 heavy (non-hydrogen) atoms. The predicted molar refractivity (Wildman–Crippen MR) is 100 cm³/mol. The van der Waals surface area contributed by atoms with Gasteiger partial charge in [-0.1, -0.05) is 0 Å². The Morgan fingerprint density at radius 2 is 1.59 bits per heavy atom. The lowest BCUT2D eigenvalue weighted by Gasteiger charge is -2.31. The molecule has 11 heteroatoms. The van der Waals surface area contributed by atoms with E-state index in [-0.39, 0.29) is 29.5 Å². The molecule has 2 aliphatic heterocycles. The quantitative estimate of drug-likeness (QED) is 0.605. The summed E-state index contributed by atoms with van der Waals surface area (Å²) in [6.45, 7) is 1.18. The van der Waals surface area contributed by atoms with Gasteiger partial charge in [-0.3, -0.25) is 0 Å². The van der Waals surface area contributed by atoms with Crippen molar-refractivity contribution in [2.45, 2.75) is 4.90 Å². The largest absolute Gasteiger partial charge is 0.466 e. The van der Waals surface area contributed by atoms with Crippen LogP contribution in [-0.2, 0) is 38.6 Å². The van der Waals surface area contributed by atoms with Crippen LogP contribution >= 0.6 is 0 Å². The van der Waals surface area contributed by atoms with Crippen LogP contribution in [0.4, 0.5) is 5.69 Å². The lowest BCUT2D eigenvalue weighted by molar-refractivity contribution is -0.140. The number of anilines is 1. The third-order valence-electron chi connectivity index (χ3n) is 4.59. The number of benzene rings is 1. The molecule has 0 atom stereocenters. The molecule has 0 radical (unpaired) electrons. The van der Waals surface area contributed by atoms with Gasteiger partial charge in [0.25, 0.3) is 0 Å². The Morgan fingerprint density at radius 3 is 2.17 bits per heavy atom. The topological polar surface area (TPSA) is 112 Å². The second kappa shape index (κ2) is 8.91. The summed E-state index contributed by atoms with van der Waals surface area (Å²) >= 11 is 0. The van der Waals surface area contributed by atoms with Gasteiger partial charge in [0.2, 0.25) is 10.0 Å². The number of sulfonamides is 1. The first-order valence-corrected chi connectivity index (χ1v) is 10.3. The molecule has 158 valence electrons. The van der Waals surface area contributed by atoms with E-state index in [1.807, 2.05) is 0 Å². The lowest BCUT2D eigenvalue weighted by Crippen LogP contribution is -2.40. The minimum atomic E-state index is -3.65. The smallest absolute Gasteiger partial charge is 0.355 e. The van der Waals surface area contributed by atoms with Crippen molar-refractivity contribution in [1.29, 1.82) is 0 Å². The number of morpholine rings is 1. The fourth-order valence-electron chi connectivity index (χ4n) is 3.08. The monoisotopic (exact) mass is 426 g/mol. The molecule has 0 amide bonds. The van der Waals surface area contributed by atoms with Crippen molar-refractivity contribution in [3.63, 3.8) is 0 Å². The Hall–Kier alpha value is -2.47. The van der Waals surface area contributed by atoms with Gasteiger partial charge in [0.05, 0.1) is 44.5 Å². The normalized spacial score (nSPS) is 18.5. The molecule has 1 fully saturated rings. The van der Waals surface area contributed by atoms with Crippen LogP contribution in [0.15, 0.2) is 40.4 Å². The summed E-state index contributed by atoms with van der Waals surface area (Å²) in [6.07, 6.45) is 0. The Kier molecular flexibility index (Phi) is 6.52. The number of carbonyl (C=O) groups is 2. The fraction of sp³-hybridized carbons (Fsp3) is 0.444. The first kappa shape index (κ1) is 21.2. The second-order valence-electron chi connectivity index (χ2n) is 6.23. The molecule has 2 heterocycles. The van der Waals surface area contributed by atoms with Gasteiger partial charge in [-0.2, -0.15) is 4.31 Å². The van der Waals surface area contributed by atoms with Crippen LogP contribution in [0.1, 0.15) is 0 Å². The van der Waals surface area contributed by atoms with Crippen LogP contribution in [-0.4, -0.2) is 78.5 Å². The number of carbonyl (C=O) groups excluding carboxylic acids is 2. The zero-order valence-corrected chi connectivity index (χ0v) is 16.9. The number of ether oxygens (including phenoxy) is 4. The van der Waals surface area contributed by atoms with Gasteiger partial charge >= 0.3 is 11.9 Å². The molecule has 3 rings (SSSR count). The maximum atomic E-state index is 12.8. The van der Waals surface area contributed by atoms with E-state index in [1.165, 1.54) is 35.6 Å². The lowest BCUT2D eigenvalue weighted by atomic mass is 10.1. The van der Waals surface area contributed by atoms with E-state index < -0.39 is 22.0 Å². The van der Waals surface area contributed by atoms with Gasteiger partial charge in [0, 0.05) is 18.8 Å². The van der Waals surface area contributed by atoms with E-state index in [1.54, 1.807) is 12.1 Å². The van der Waals surface area contributed by atoms with Crippen molar-refractivity contribution >= 4 is 27.6 Å². The van der Waals surface area contributed by atoms with Crippen molar-refractivity contribution in [1.82, 2.24) is 4.31 Å². The highest BCUT2D eigenvalue weighted by atomic mass is 32.2. The zero-order chi connectivity index (χ0) is 21.0. The summed E-state index contributed by atoms with van der Waals surface area (Å²) in [4.78, 5) is 25.9. The fourth-order valence-corrected chi connectivity index (χ4v) is 4.49. The number of esters is 2. The van der Waals surface area contributed by atoms with Crippen LogP contribution < -0.4 is 4.90 Å². The molecule has 1 aromatic rings. The van der Waals surface area contributed by atoms with Gasteiger partial charge < -0.3 is 23.8 Å². The Morgan fingerprint density at radius 1 is 0.966 bits per heavy atom. The Bertz CT molecular complexity index is 904. The van der Waals surface area contributed by atoms with E-state index in [0.29, 0.717) is 32.0 Å². The molecule has 0 unspecified atom stereocenters. The Balaban J connectivity index is 1.93. The second-order valence-corrected chi connectivity index (χ2v) is 8.16. The summed E-state index contributed by atoms with van der Waals surface area (Å²) in [5, 5.41) is 0. The Labute approximate surface area is 168 Å². The molecule has 0 N–H and O–H groups in total.